The fourth-order valence-corrected chi connectivity index (χ4v) is 2.98. The summed E-state index contributed by atoms with van der Waals surface area (Å²) in [6.45, 7) is 0. The first-order valence-corrected chi connectivity index (χ1v) is 5.00. The van der Waals surface area contributed by atoms with Crippen molar-refractivity contribution in [1.29, 1.82) is 0 Å². The Morgan fingerprint density at radius 2 is 2.08 bits per heavy atom. The van der Waals surface area contributed by atoms with Crippen LogP contribution in [0.25, 0.3) is 0 Å². The van der Waals surface area contributed by atoms with Gasteiger partial charge in [0.05, 0.1) is 0 Å². The minimum absolute atomic E-state index is 0.191. The molecule has 0 aromatic rings. The lowest BCUT2D eigenvalue weighted by atomic mass is 9.76. The van der Waals surface area contributed by atoms with Gasteiger partial charge in [-0.2, -0.15) is 0 Å². The Hall–Kier alpha value is -0.640. The normalized spacial score (nSPS) is 44.4. The van der Waals surface area contributed by atoms with Gasteiger partial charge in [0.2, 0.25) is 6.04 Å². The van der Waals surface area contributed by atoms with Crippen LogP contribution in [0, 0.1) is 16.0 Å². The van der Waals surface area contributed by atoms with Gasteiger partial charge in [0.1, 0.15) is 5.60 Å². The first kappa shape index (κ1) is 8.94. The molecular weight excluding hydrogens is 170 g/mol. The van der Waals surface area contributed by atoms with Crippen molar-refractivity contribution in [2.24, 2.45) is 5.92 Å². The van der Waals surface area contributed by atoms with Crippen LogP contribution in [0.4, 0.5) is 0 Å². The molecule has 13 heavy (non-hydrogen) atoms. The minimum atomic E-state index is -0.970. The molecule has 2 fully saturated rings. The summed E-state index contributed by atoms with van der Waals surface area (Å²) in [6.07, 6.45) is 5.06. The Morgan fingerprint density at radius 3 is 2.77 bits per heavy atom. The Labute approximate surface area is 77.1 Å². The van der Waals surface area contributed by atoms with Gasteiger partial charge in [-0.3, -0.25) is 10.1 Å². The maximum Gasteiger partial charge on any atom is 0.241 e. The summed E-state index contributed by atoms with van der Waals surface area (Å²) in [7, 11) is 0. The zero-order valence-electron chi connectivity index (χ0n) is 7.61. The predicted molar refractivity (Wildman–Crippen MR) is 46.9 cm³/mol. The van der Waals surface area contributed by atoms with Crippen molar-refractivity contribution in [3.8, 4) is 0 Å². The minimum Gasteiger partial charge on any atom is -0.382 e. The topological polar surface area (TPSA) is 63.4 Å². The van der Waals surface area contributed by atoms with Gasteiger partial charge in [-0.1, -0.05) is 12.8 Å². The summed E-state index contributed by atoms with van der Waals surface area (Å²) in [4.78, 5) is 10.4. The number of nitrogens with zero attached hydrogens (tertiary/aromatic N) is 1. The van der Waals surface area contributed by atoms with Crippen LogP contribution in [0.3, 0.4) is 0 Å². The van der Waals surface area contributed by atoms with Gasteiger partial charge in [-0.15, -0.1) is 0 Å². The van der Waals surface area contributed by atoms with E-state index in [0.29, 0.717) is 12.8 Å². The van der Waals surface area contributed by atoms with Crippen LogP contribution in [0.15, 0.2) is 0 Å². The van der Waals surface area contributed by atoms with E-state index in [1.54, 1.807) is 0 Å². The number of rotatable bonds is 1. The molecule has 1 N–H and O–H groups in total. The summed E-state index contributed by atoms with van der Waals surface area (Å²) >= 11 is 0. The summed E-state index contributed by atoms with van der Waals surface area (Å²) in [5.74, 6) is 0.191. The van der Waals surface area contributed by atoms with E-state index >= 15 is 0 Å². The molecule has 2 aliphatic carbocycles. The van der Waals surface area contributed by atoms with E-state index in [4.69, 9.17) is 0 Å². The number of aliphatic hydroxyl groups is 1. The highest BCUT2D eigenvalue weighted by Crippen LogP contribution is 2.46. The molecule has 3 atom stereocenters. The molecule has 0 aromatic carbocycles. The second kappa shape index (κ2) is 2.94. The van der Waals surface area contributed by atoms with E-state index in [1.807, 2.05) is 0 Å². The van der Waals surface area contributed by atoms with E-state index in [-0.39, 0.29) is 10.8 Å². The van der Waals surface area contributed by atoms with Crippen LogP contribution in [-0.4, -0.2) is 21.7 Å². The lowest BCUT2D eigenvalue weighted by molar-refractivity contribution is -0.543. The van der Waals surface area contributed by atoms with Crippen LogP contribution >= 0.6 is 0 Å². The molecule has 4 heteroatoms. The molecule has 0 amide bonds. The van der Waals surface area contributed by atoms with E-state index in [2.05, 4.69) is 0 Å². The van der Waals surface area contributed by atoms with E-state index in [0.717, 1.165) is 25.7 Å². The Balaban J connectivity index is 2.20. The van der Waals surface area contributed by atoms with Gasteiger partial charge in [0.25, 0.3) is 0 Å². The zero-order valence-corrected chi connectivity index (χ0v) is 7.61. The molecule has 0 heterocycles. The molecule has 74 valence electrons. The number of hydrogen-bond acceptors (Lipinski definition) is 3. The van der Waals surface area contributed by atoms with E-state index in [1.165, 1.54) is 0 Å². The van der Waals surface area contributed by atoms with Crippen molar-refractivity contribution in [1.82, 2.24) is 0 Å². The van der Waals surface area contributed by atoms with Gasteiger partial charge >= 0.3 is 0 Å². The number of fused-ring (bicyclic) bond motifs is 1. The average molecular weight is 185 g/mol. The fourth-order valence-electron chi connectivity index (χ4n) is 2.98. The van der Waals surface area contributed by atoms with Gasteiger partial charge in [-0.25, -0.2) is 0 Å². The Morgan fingerprint density at radius 1 is 1.31 bits per heavy atom. The zero-order chi connectivity index (χ0) is 9.47. The highest BCUT2D eigenvalue weighted by Gasteiger charge is 2.56. The summed E-state index contributed by atoms with van der Waals surface area (Å²) < 4.78 is 0. The number of nitro groups is 1. The van der Waals surface area contributed by atoms with Crippen molar-refractivity contribution in [2.45, 2.75) is 50.2 Å². The van der Waals surface area contributed by atoms with Gasteiger partial charge in [0.15, 0.2) is 0 Å². The summed E-state index contributed by atoms with van der Waals surface area (Å²) in [5, 5.41) is 20.9. The van der Waals surface area contributed by atoms with E-state index in [9.17, 15) is 15.2 Å². The lowest BCUT2D eigenvalue weighted by Crippen LogP contribution is -2.48. The standard InChI is InChI=1S/C9H15NO3/c11-9-6-2-1-3-7(9)4-5-8(9)10(12)13/h7-8,11H,1-6H2/t7-,8?,9+/m0/s1. The van der Waals surface area contributed by atoms with Crippen LogP contribution < -0.4 is 0 Å². The summed E-state index contributed by atoms with van der Waals surface area (Å²) in [6, 6.07) is -0.696. The molecule has 0 radical (unpaired) electrons. The lowest BCUT2D eigenvalue weighted by Gasteiger charge is -2.34. The maximum atomic E-state index is 10.7. The molecule has 2 aliphatic rings. The molecule has 4 nitrogen and oxygen atoms in total. The Bertz CT molecular complexity index is 231. The van der Waals surface area contributed by atoms with Gasteiger partial charge in [0, 0.05) is 11.3 Å². The molecule has 0 spiro atoms. The smallest absolute Gasteiger partial charge is 0.241 e. The first-order valence-electron chi connectivity index (χ1n) is 5.00. The molecular formula is C9H15NO3. The van der Waals surface area contributed by atoms with E-state index < -0.39 is 11.6 Å². The van der Waals surface area contributed by atoms with Gasteiger partial charge in [-0.05, 0) is 25.2 Å². The highest BCUT2D eigenvalue weighted by molar-refractivity contribution is 5.01. The SMILES string of the molecule is O=[N+]([O-])C1CC[C@@H]2CCCC[C@]12O. The average Bonchev–Trinajstić information content (AvgIpc) is 2.41. The van der Waals surface area contributed by atoms with Crippen molar-refractivity contribution in [2.75, 3.05) is 0 Å². The second-order valence-corrected chi connectivity index (χ2v) is 4.31. The van der Waals surface area contributed by atoms with Crippen molar-refractivity contribution in [3.05, 3.63) is 10.1 Å². The molecule has 1 unspecified atom stereocenters. The molecule has 0 bridgehead atoms. The van der Waals surface area contributed by atoms with Crippen LogP contribution in [-0.2, 0) is 0 Å². The molecule has 2 rings (SSSR count). The Kier molecular flexibility index (Phi) is 2.02. The monoisotopic (exact) mass is 185 g/mol. The predicted octanol–water partition coefficient (Wildman–Crippen LogP) is 1.35. The first-order chi connectivity index (χ1) is 6.14. The number of hydrogen-bond donors (Lipinski definition) is 1. The molecule has 0 saturated heterocycles. The third kappa shape index (κ3) is 1.24. The van der Waals surface area contributed by atoms with Crippen molar-refractivity contribution in [3.63, 3.8) is 0 Å². The summed E-state index contributed by atoms with van der Waals surface area (Å²) in [5.41, 5.74) is -0.970. The quantitative estimate of drug-likeness (QED) is 0.495. The van der Waals surface area contributed by atoms with Crippen molar-refractivity contribution < 1.29 is 10.0 Å². The fraction of sp³-hybridized carbons (Fsp3) is 1.00. The largest absolute Gasteiger partial charge is 0.382 e. The highest BCUT2D eigenvalue weighted by atomic mass is 16.6. The van der Waals surface area contributed by atoms with Crippen LogP contribution in [0.5, 0.6) is 0 Å². The van der Waals surface area contributed by atoms with Crippen LogP contribution in [0.2, 0.25) is 0 Å². The van der Waals surface area contributed by atoms with Gasteiger partial charge < -0.3 is 5.11 Å². The molecule has 0 aromatic heterocycles. The second-order valence-electron chi connectivity index (χ2n) is 4.31. The van der Waals surface area contributed by atoms with Crippen molar-refractivity contribution >= 4 is 0 Å². The third-order valence-electron chi connectivity index (χ3n) is 3.71. The maximum absolute atomic E-state index is 10.7. The molecule has 0 aliphatic heterocycles. The van der Waals surface area contributed by atoms with Crippen LogP contribution in [0.1, 0.15) is 38.5 Å². The molecule has 2 saturated carbocycles. The third-order valence-corrected chi connectivity index (χ3v) is 3.71.